The summed E-state index contributed by atoms with van der Waals surface area (Å²) in [5, 5.41) is 7.28. The third-order valence-corrected chi connectivity index (χ3v) is 5.60. The maximum Gasteiger partial charge on any atom is 0.244 e. The monoisotopic (exact) mass is 315 g/mol. The van der Waals surface area contributed by atoms with Gasteiger partial charge < -0.3 is 5.73 Å². The second-order valence-electron chi connectivity index (χ2n) is 4.48. The van der Waals surface area contributed by atoms with Crippen molar-refractivity contribution in [3.05, 3.63) is 27.5 Å². The Morgan fingerprint density at radius 3 is 2.75 bits per heavy atom. The molecule has 0 aliphatic rings. The van der Waals surface area contributed by atoms with Crippen LogP contribution in [0.2, 0.25) is 0 Å². The number of aromatic amines is 1. The lowest BCUT2D eigenvalue weighted by molar-refractivity contribution is 0.564. The van der Waals surface area contributed by atoms with Crippen LogP contribution in [0.25, 0.3) is 0 Å². The minimum absolute atomic E-state index is 0.0608. The molecule has 0 amide bonds. The molecule has 110 valence electrons. The molecule has 0 saturated heterocycles. The molecule has 7 nitrogen and oxygen atoms in total. The normalized spacial score (nSPS) is 13.6. The van der Waals surface area contributed by atoms with Crippen molar-refractivity contribution in [3.63, 3.8) is 0 Å². The average molecular weight is 315 g/mol. The molecule has 0 aromatic carbocycles. The molecule has 0 radical (unpaired) electrons. The summed E-state index contributed by atoms with van der Waals surface area (Å²) in [6, 6.07) is -0.404. The zero-order valence-corrected chi connectivity index (χ0v) is 13.1. The summed E-state index contributed by atoms with van der Waals surface area (Å²) in [5.74, 6) is 0. The predicted molar refractivity (Wildman–Crippen MR) is 76.8 cm³/mol. The molecule has 20 heavy (non-hydrogen) atoms. The van der Waals surface area contributed by atoms with E-state index in [1.807, 2.05) is 6.92 Å². The molecule has 0 aliphatic heterocycles. The van der Waals surface area contributed by atoms with E-state index in [4.69, 9.17) is 5.73 Å². The van der Waals surface area contributed by atoms with E-state index in [1.165, 1.54) is 11.3 Å². The molecule has 0 saturated carbocycles. The number of H-pyrrole nitrogens is 1. The van der Waals surface area contributed by atoms with E-state index >= 15 is 0 Å². The Morgan fingerprint density at radius 1 is 1.50 bits per heavy atom. The van der Waals surface area contributed by atoms with E-state index < -0.39 is 16.1 Å². The van der Waals surface area contributed by atoms with E-state index in [2.05, 4.69) is 19.9 Å². The summed E-state index contributed by atoms with van der Waals surface area (Å²) >= 11 is 1.46. The van der Waals surface area contributed by atoms with Crippen molar-refractivity contribution in [1.82, 2.24) is 19.9 Å². The van der Waals surface area contributed by atoms with Crippen LogP contribution in [-0.4, -0.2) is 23.6 Å². The molecular formula is C11H17N5O2S2. The Balaban J connectivity index is 2.29. The minimum Gasteiger partial charge on any atom is -0.325 e. The van der Waals surface area contributed by atoms with Crippen LogP contribution >= 0.6 is 11.3 Å². The van der Waals surface area contributed by atoms with Crippen LogP contribution in [0.4, 0.5) is 0 Å². The van der Waals surface area contributed by atoms with Crippen molar-refractivity contribution in [1.29, 1.82) is 0 Å². The first-order valence-electron chi connectivity index (χ1n) is 6.03. The number of hydrogen-bond acceptors (Lipinski definition) is 6. The molecule has 9 heteroatoms. The van der Waals surface area contributed by atoms with Crippen LogP contribution < -0.4 is 10.5 Å². The highest BCUT2D eigenvalue weighted by Crippen LogP contribution is 2.23. The number of hydrogen-bond donors (Lipinski definition) is 3. The average Bonchev–Trinajstić information content (AvgIpc) is 2.94. The lowest BCUT2D eigenvalue weighted by Crippen LogP contribution is -2.28. The van der Waals surface area contributed by atoms with Crippen molar-refractivity contribution in [3.8, 4) is 0 Å². The SMILES string of the molecule is Cc1cnc(C(C)NS(=O)(=O)c2c(CN)n[nH]c2C)s1. The molecular weight excluding hydrogens is 298 g/mol. The van der Waals surface area contributed by atoms with Crippen molar-refractivity contribution < 1.29 is 8.42 Å². The second kappa shape index (κ2) is 5.60. The van der Waals surface area contributed by atoms with Gasteiger partial charge in [-0.15, -0.1) is 11.3 Å². The Kier molecular flexibility index (Phi) is 4.23. The maximum absolute atomic E-state index is 12.4. The highest BCUT2D eigenvalue weighted by Gasteiger charge is 2.26. The molecule has 0 aliphatic carbocycles. The third-order valence-electron chi connectivity index (χ3n) is 2.76. The van der Waals surface area contributed by atoms with E-state index in [-0.39, 0.29) is 11.4 Å². The fourth-order valence-corrected chi connectivity index (χ4v) is 4.31. The summed E-state index contributed by atoms with van der Waals surface area (Å²) in [6.07, 6.45) is 1.72. The first kappa shape index (κ1) is 15.1. The topological polar surface area (TPSA) is 114 Å². The second-order valence-corrected chi connectivity index (χ2v) is 7.40. The van der Waals surface area contributed by atoms with Crippen molar-refractivity contribution in [2.24, 2.45) is 5.73 Å². The quantitative estimate of drug-likeness (QED) is 0.761. The molecule has 0 spiro atoms. The van der Waals surface area contributed by atoms with Gasteiger partial charge >= 0.3 is 0 Å². The van der Waals surface area contributed by atoms with Gasteiger partial charge in [-0.2, -0.15) is 5.10 Å². The maximum atomic E-state index is 12.4. The number of rotatable bonds is 5. The van der Waals surface area contributed by atoms with Crippen LogP contribution in [0.3, 0.4) is 0 Å². The zero-order chi connectivity index (χ0) is 14.9. The Hall–Kier alpha value is -1.29. The molecule has 4 N–H and O–H groups in total. The number of aromatic nitrogens is 3. The van der Waals surface area contributed by atoms with E-state index in [0.717, 1.165) is 9.88 Å². The van der Waals surface area contributed by atoms with Crippen LogP contribution in [0.5, 0.6) is 0 Å². The lowest BCUT2D eigenvalue weighted by Gasteiger charge is -2.12. The van der Waals surface area contributed by atoms with Gasteiger partial charge in [-0.1, -0.05) is 0 Å². The number of nitrogens with zero attached hydrogens (tertiary/aromatic N) is 2. The molecule has 2 heterocycles. The molecule has 0 bridgehead atoms. The Bertz CT molecular complexity index is 704. The third kappa shape index (κ3) is 2.90. The largest absolute Gasteiger partial charge is 0.325 e. The Labute approximate surface area is 121 Å². The number of aryl methyl sites for hydroxylation is 2. The summed E-state index contributed by atoms with van der Waals surface area (Å²) in [4.78, 5) is 5.35. The summed E-state index contributed by atoms with van der Waals surface area (Å²) < 4.78 is 27.5. The summed E-state index contributed by atoms with van der Waals surface area (Å²) in [6.45, 7) is 5.40. The van der Waals surface area contributed by atoms with Gasteiger partial charge in [0.15, 0.2) is 0 Å². The van der Waals surface area contributed by atoms with Crippen molar-refractivity contribution in [2.75, 3.05) is 0 Å². The standard InChI is InChI=1S/C11H17N5O2S2/c1-6-5-13-11(19-6)8(3)16-20(17,18)10-7(2)14-15-9(10)4-12/h5,8,16H,4,12H2,1-3H3,(H,14,15). The minimum atomic E-state index is -3.69. The van der Waals surface area contributed by atoms with Gasteiger partial charge in [-0.05, 0) is 20.8 Å². The van der Waals surface area contributed by atoms with Gasteiger partial charge in [0.05, 0.1) is 17.4 Å². The molecule has 2 rings (SSSR count). The molecule has 2 aromatic heterocycles. The van der Waals surface area contributed by atoms with Crippen LogP contribution in [0, 0.1) is 13.8 Å². The van der Waals surface area contributed by atoms with E-state index in [1.54, 1.807) is 20.0 Å². The summed E-state index contributed by atoms with van der Waals surface area (Å²) in [7, 11) is -3.69. The molecule has 1 unspecified atom stereocenters. The smallest absolute Gasteiger partial charge is 0.244 e. The highest BCUT2D eigenvalue weighted by atomic mass is 32.2. The van der Waals surface area contributed by atoms with Gasteiger partial charge in [-0.3, -0.25) is 5.10 Å². The lowest BCUT2D eigenvalue weighted by atomic mass is 10.4. The van der Waals surface area contributed by atoms with Gasteiger partial charge in [-0.25, -0.2) is 18.1 Å². The van der Waals surface area contributed by atoms with E-state index in [9.17, 15) is 8.42 Å². The number of nitrogens with two attached hydrogens (primary N) is 1. The van der Waals surface area contributed by atoms with Gasteiger partial charge in [0.1, 0.15) is 9.90 Å². The number of sulfonamides is 1. The van der Waals surface area contributed by atoms with Gasteiger partial charge in [0, 0.05) is 17.6 Å². The summed E-state index contributed by atoms with van der Waals surface area (Å²) in [5.41, 5.74) is 6.32. The first-order chi connectivity index (χ1) is 9.35. The predicted octanol–water partition coefficient (Wildman–Crippen LogP) is 0.981. The zero-order valence-electron chi connectivity index (χ0n) is 11.5. The fraction of sp³-hybridized carbons (Fsp3) is 0.455. The van der Waals surface area contributed by atoms with Crippen molar-refractivity contribution in [2.45, 2.75) is 38.3 Å². The Morgan fingerprint density at radius 2 is 2.20 bits per heavy atom. The van der Waals surface area contributed by atoms with Crippen LogP contribution in [0.1, 0.15) is 34.2 Å². The van der Waals surface area contributed by atoms with Crippen LogP contribution in [0.15, 0.2) is 11.1 Å². The number of nitrogens with one attached hydrogen (secondary N) is 2. The van der Waals surface area contributed by atoms with Crippen LogP contribution in [-0.2, 0) is 16.6 Å². The van der Waals surface area contributed by atoms with Gasteiger partial charge in [0.2, 0.25) is 10.0 Å². The fourth-order valence-electron chi connectivity index (χ4n) is 1.88. The highest BCUT2D eigenvalue weighted by molar-refractivity contribution is 7.89. The first-order valence-corrected chi connectivity index (χ1v) is 8.33. The van der Waals surface area contributed by atoms with Crippen molar-refractivity contribution >= 4 is 21.4 Å². The molecule has 0 fully saturated rings. The molecule has 1 atom stereocenters. The molecule has 2 aromatic rings. The number of thiazole rings is 1. The van der Waals surface area contributed by atoms with Gasteiger partial charge in [0.25, 0.3) is 0 Å². The van der Waals surface area contributed by atoms with E-state index in [0.29, 0.717) is 11.4 Å².